The van der Waals surface area contributed by atoms with Gasteiger partial charge in [-0.2, -0.15) is 5.10 Å². The van der Waals surface area contributed by atoms with Gasteiger partial charge in [-0.05, 0) is 31.2 Å². The molecule has 0 aliphatic rings. The number of H-pyrrole nitrogens is 1. The Hall–Kier alpha value is -2.50. The molecule has 0 bridgehead atoms. The summed E-state index contributed by atoms with van der Waals surface area (Å²) in [6, 6.07) is 6.86. The average molecular weight is 247 g/mol. The highest BCUT2D eigenvalue weighted by Crippen LogP contribution is 2.17. The number of nitrogens with one attached hydrogen (secondary N) is 1. The Morgan fingerprint density at radius 2 is 2.11 bits per heavy atom. The van der Waals surface area contributed by atoms with Crippen LogP contribution in [0.3, 0.4) is 0 Å². The fourth-order valence-electron chi connectivity index (χ4n) is 1.58. The van der Waals surface area contributed by atoms with Crippen molar-refractivity contribution in [3.8, 4) is 5.75 Å². The van der Waals surface area contributed by atoms with Crippen molar-refractivity contribution < 1.29 is 14.6 Å². The largest absolute Gasteiger partial charge is 0.487 e. The molecule has 0 radical (unpaired) electrons. The van der Waals surface area contributed by atoms with Crippen LogP contribution in [0.4, 0.5) is 5.69 Å². The molecule has 0 aliphatic carbocycles. The Bertz CT molecular complexity index is 560. The van der Waals surface area contributed by atoms with Crippen LogP contribution in [-0.4, -0.2) is 21.3 Å². The van der Waals surface area contributed by atoms with E-state index in [4.69, 9.17) is 15.6 Å². The lowest BCUT2D eigenvalue weighted by Gasteiger charge is -2.05. The molecule has 6 heteroatoms. The van der Waals surface area contributed by atoms with Crippen molar-refractivity contribution in [2.45, 2.75) is 13.5 Å². The highest BCUT2D eigenvalue weighted by atomic mass is 16.5. The van der Waals surface area contributed by atoms with Gasteiger partial charge in [-0.3, -0.25) is 5.10 Å². The third kappa shape index (κ3) is 2.42. The van der Waals surface area contributed by atoms with Gasteiger partial charge in [-0.25, -0.2) is 4.79 Å². The predicted molar refractivity (Wildman–Crippen MR) is 65.5 cm³/mol. The number of nitrogens with zero attached hydrogens (tertiary/aromatic N) is 1. The first-order valence-corrected chi connectivity index (χ1v) is 5.33. The fraction of sp³-hybridized carbons (Fsp3) is 0.167. The molecule has 0 saturated carbocycles. The molecule has 6 nitrogen and oxygen atoms in total. The van der Waals surface area contributed by atoms with E-state index < -0.39 is 5.97 Å². The van der Waals surface area contributed by atoms with Gasteiger partial charge in [0.15, 0.2) is 0 Å². The summed E-state index contributed by atoms with van der Waals surface area (Å²) >= 11 is 0. The van der Waals surface area contributed by atoms with Crippen LogP contribution < -0.4 is 10.5 Å². The first kappa shape index (κ1) is 12.0. The molecule has 94 valence electrons. The molecule has 0 aliphatic heterocycles. The van der Waals surface area contributed by atoms with Crippen LogP contribution in [-0.2, 0) is 6.61 Å². The number of anilines is 1. The van der Waals surface area contributed by atoms with Gasteiger partial charge in [0.2, 0.25) is 0 Å². The summed E-state index contributed by atoms with van der Waals surface area (Å²) in [6.45, 7) is 1.75. The minimum atomic E-state index is -1.02. The molecule has 2 rings (SSSR count). The van der Waals surface area contributed by atoms with Crippen molar-refractivity contribution in [1.29, 1.82) is 0 Å². The van der Waals surface area contributed by atoms with Crippen molar-refractivity contribution >= 4 is 11.7 Å². The summed E-state index contributed by atoms with van der Waals surface area (Å²) in [6.07, 6.45) is 0. The van der Waals surface area contributed by atoms with Crippen molar-refractivity contribution in [2.75, 3.05) is 5.73 Å². The summed E-state index contributed by atoms with van der Waals surface area (Å²) in [5.41, 5.74) is 7.24. The quantitative estimate of drug-likeness (QED) is 0.712. The number of aryl methyl sites for hydroxylation is 1. The third-order valence-electron chi connectivity index (χ3n) is 2.49. The zero-order valence-electron chi connectivity index (χ0n) is 9.80. The van der Waals surface area contributed by atoms with Gasteiger partial charge in [0.1, 0.15) is 23.6 Å². The number of hydrogen-bond donors (Lipinski definition) is 3. The van der Waals surface area contributed by atoms with Crippen LogP contribution in [0.2, 0.25) is 0 Å². The van der Waals surface area contributed by atoms with E-state index in [1.54, 1.807) is 31.2 Å². The Labute approximate surface area is 103 Å². The molecule has 18 heavy (non-hydrogen) atoms. The molecule has 0 spiro atoms. The monoisotopic (exact) mass is 247 g/mol. The number of carboxylic acids is 1. The summed E-state index contributed by atoms with van der Waals surface area (Å²) in [7, 11) is 0. The van der Waals surface area contributed by atoms with E-state index in [0.717, 1.165) is 0 Å². The predicted octanol–water partition coefficient (Wildman–Crippen LogP) is 1.58. The minimum Gasteiger partial charge on any atom is -0.487 e. The number of ether oxygens (including phenoxy) is 1. The molecular weight excluding hydrogens is 234 g/mol. The molecule has 0 atom stereocenters. The van der Waals surface area contributed by atoms with Gasteiger partial charge in [-0.1, -0.05) is 0 Å². The van der Waals surface area contributed by atoms with E-state index >= 15 is 0 Å². The van der Waals surface area contributed by atoms with E-state index in [1.165, 1.54) is 0 Å². The van der Waals surface area contributed by atoms with Crippen LogP contribution >= 0.6 is 0 Å². The normalized spacial score (nSPS) is 10.3. The zero-order valence-corrected chi connectivity index (χ0v) is 9.80. The van der Waals surface area contributed by atoms with Crippen LogP contribution in [0.5, 0.6) is 5.75 Å². The number of nitrogen functional groups attached to an aromatic ring is 1. The van der Waals surface area contributed by atoms with E-state index in [9.17, 15) is 4.79 Å². The number of rotatable bonds is 4. The number of nitrogens with two attached hydrogens (primary N) is 1. The zero-order chi connectivity index (χ0) is 13.1. The van der Waals surface area contributed by atoms with Gasteiger partial charge < -0.3 is 15.6 Å². The number of aromatic carboxylic acids is 1. The van der Waals surface area contributed by atoms with Crippen LogP contribution in [0.1, 0.15) is 21.7 Å². The van der Waals surface area contributed by atoms with Crippen molar-refractivity contribution in [2.24, 2.45) is 0 Å². The Morgan fingerprint density at radius 3 is 2.72 bits per heavy atom. The van der Waals surface area contributed by atoms with Gasteiger partial charge in [-0.15, -0.1) is 0 Å². The lowest BCUT2D eigenvalue weighted by Crippen LogP contribution is -2.05. The molecule has 2 aromatic rings. The van der Waals surface area contributed by atoms with Gasteiger partial charge in [0.05, 0.1) is 0 Å². The van der Waals surface area contributed by atoms with Gasteiger partial charge in [0.25, 0.3) is 0 Å². The van der Waals surface area contributed by atoms with Crippen LogP contribution in [0, 0.1) is 6.92 Å². The number of benzene rings is 1. The molecule has 1 aromatic heterocycles. The fourth-order valence-corrected chi connectivity index (χ4v) is 1.58. The number of carbonyl (C=O) groups is 1. The second-order valence-electron chi connectivity index (χ2n) is 3.83. The standard InChI is InChI=1S/C12H13N3O3/c1-7-11(12(16)17)10(15-14-7)6-18-9-4-2-8(13)3-5-9/h2-5H,6,13H2,1H3,(H,14,15)(H,16,17). The maximum atomic E-state index is 11.0. The number of aromatic amines is 1. The van der Waals surface area contributed by atoms with E-state index in [2.05, 4.69) is 10.2 Å². The van der Waals surface area contributed by atoms with Gasteiger partial charge >= 0.3 is 5.97 Å². The average Bonchev–Trinajstić information content (AvgIpc) is 2.70. The SMILES string of the molecule is Cc1[nH]nc(COc2ccc(N)cc2)c1C(=O)O. The highest BCUT2D eigenvalue weighted by Gasteiger charge is 2.17. The first-order valence-electron chi connectivity index (χ1n) is 5.33. The highest BCUT2D eigenvalue weighted by molar-refractivity contribution is 5.90. The summed E-state index contributed by atoms with van der Waals surface area (Å²) in [4.78, 5) is 11.0. The van der Waals surface area contributed by atoms with Crippen LogP contribution in [0.25, 0.3) is 0 Å². The summed E-state index contributed by atoms with van der Waals surface area (Å²) in [5.74, 6) is -0.404. The molecule has 0 amide bonds. The number of aromatic nitrogens is 2. The van der Waals surface area contributed by atoms with Crippen molar-refractivity contribution in [3.63, 3.8) is 0 Å². The summed E-state index contributed by atoms with van der Waals surface area (Å²) < 4.78 is 5.45. The molecule has 0 fully saturated rings. The molecule has 1 aromatic carbocycles. The minimum absolute atomic E-state index is 0.0931. The Kier molecular flexibility index (Phi) is 3.18. The second kappa shape index (κ2) is 4.79. The molecule has 1 heterocycles. The maximum Gasteiger partial charge on any atom is 0.339 e. The third-order valence-corrected chi connectivity index (χ3v) is 2.49. The topological polar surface area (TPSA) is 101 Å². The van der Waals surface area contributed by atoms with Crippen LogP contribution in [0.15, 0.2) is 24.3 Å². The number of carboxylic acid groups (broad SMARTS) is 1. The van der Waals surface area contributed by atoms with Crippen molar-refractivity contribution in [1.82, 2.24) is 10.2 Å². The van der Waals surface area contributed by atoms with Gasteiger partial charge in [0, 0.05) is 11.4 Å². The molecule has 4 N–H and O–H groups in total. The Morgan fingerprint density at radius 1 is 1.44 bits per heavy atom. The maximum absolute atomic E-state index is 11.0. The second-order valence-corrected chi connectivity index (χ2v) is 3.83. The smallest absolute Gasteiger partial charge is 0.339 e. The van der Waals surface area contributed by atoms with E-state index in [1.807, 2.05) is 0 Å². The lowest BCUT2D eigenvalue weighted by molar-refractivity contribution is 0.0693. The Balaban J connectivity index is 2.11. The van der Waals surface area contributed by atoms with E-state index in [-0.39, 0.29) is 12.2 Å². The molecule has 0 saturated heterocycles. The first-order chi connectivity index (χ1) is 8.58. The molecule has 0 unspecified atom stereocenters. The van der Waals surface area contributed by atoms with E-state index in [0.29, 0.717) is 22.8 Å². The van der Waals surface area contributed by atoms with Crippen molar-refractivity contribution in [3.05, 3.63) is 41.2 Å². The lowest BCUT2D eigenvalue weighted by atomic mass is 10.2. The molecular formula is C12H13N3O3. The summed E-state index contributed by atoms with van der Waals surface area (Å²) in [5, 5.41) is 15.6. The number of hydrogen-bond acceptors (Lipinski definition) is 4.